The largest absolute Gasteiger partial charge is 0.450 e. The Kier molecular flexibility index (Phi) is 12.3. The number of nitrogens with one attached hydrogen (secondary N) is 1. The summed E-state index contributed by atoms with van der Waals surface area (Å²) in [6.07, 6.45) is 4.75. The highest BCUT2D eigenvalue weighted by atomic mass is 32.2. The minimum Gasteiger partial charge on any atom is -0.450 e. The highest BCUT2D eigenvalue weighted by Crippen LogP contribution is 2.03. The molecule has 0 fully saturated rings. The number of amides is 1. The summed E-state index contributed by atoms with van der Waals surface area (Å²) in [6.45, 7) is 1.79. The van der Waals surface area contributed by atoms with Gasteiger partial charge in [-0.2, -0.15) is 11.8 Å². The predicted molar refractivity (Wildman–Crippen MR) is 83.4 cm³/mol. The van der Waals surface area contributed by atoms with Crippen molar-refractivity contribution < 1.29 is 24.3 Å². The molecule has 0 aliphatic rings. The first-order valence-corrected chi connectivity index (χ1v) is 8.56. The molecule has 0 aromatic rings. The summed E-state index contributed by atoms with van der Waals surface area (Å²) in [7, 11) is 0. The fourth-order valence-electron chi connectivity index (χ4n) is 1.66. The van der Waals surface area contributed by atoms with E-state index in [9.17, 15) is 19.7 Å². The van der Waals surface area contributed by atoms with Crippen molar-refractivity contribution in [3.05, 3.63) is 10.1 Å². The zero-order chi connectivity index (χ0) is 16.8. The maximum absolute atomic E-state index is 11.5. The van der Waals surface area contributed by atoms with Crippen LogP contribution >= 0.6 is 11.8 Å². The second-order valence-corrected chi connectivity index (χ2v) is 5.68. The third-order valence-corrected chi connectivity index (χ3v) is 3.51. The van der Waals surface area contributed by atoms with Gasteiger partial charge in [-0.1, -0.05) is 6.42 Å². The third kappa shape index (κ3) is 12.2. The normalized spacial score (nSPS) is 11.5. The van der Waals surface area contributed by atoms with Crippen molar-refractivity contribution in [2.75, 3.05) is 25.2 Å². The number of Topliss-reactive ketones (excluding diaryl/α,β-unsaturated/α-hetero) is 1. The van der Waals surface area contributed by atoms with E-state index in [1.165, 1.54) is 6.92 Å². The van der Waals surface area contributed by atoms with Crippen LogP contribution < -0.4 is 5.32 Å². The van der Waals surface area contributed by atoms with E-state index in [2.05, 4.69) is 10.2 Å². The first kappa shape index (κ1) is 20.5. The Morgan fingerprint density at radius 3 is 2.41 bits per heavy atom. The number of hydrogen-bond donors (Lipinski definition) is 1. The van der Waals surface area contributed by atoms with Gasteiger partial charge in [0.1, 0.15) is 0 Å². The molecular weight excluding hydrogens is 312 g/mol. The first-order chi connectivity index (χ1) is 10.5. The van der Waals surface area contributed by atoms with Crippen LogP contribution in [0.25, 0.3) is 0 Å². The van der Waals surface area contributed by atoms with E-state index in [4.69, 9.17) is 4.74 Å². The van der Waals surface area contributed by atoms with Gasteiger partial charge in [0.2, 0.25) is 0 Å². The molecule has 0 aliphatic carbocycles. The van der Waals surface area contributed by atoms with Crippen LogP contribution in [-0.4, -0.2) is 48.2 Å². The minimum atomic E-state index is -0.810. The molecule has 8 nitrogen and oxygen atoms in total. The fraction of sp³-hybridized carbons (Fsp3) is 0.846. The fourth-order valence-corrected chi connectivity index (χ4v) is 2.13. The molecule has 0 rings (SSSR count). The lowest BCUT2D eigenvalue weighted by molar-refractivity contribution is -0.757. The second-order valence-electron chi connectivity index (χ2n) is 4.70. The topological polar surface area (TPSA) is 108 Å². The van der Waals surface area contributed by atoms with Crippen LogP contribution in [0.3, 0.4) is 0 Å². The molecule has 22 heavy (non-hydrogen) atoms. The molecule has 1 N–H and O–H groups in total. The summed E-state index contributed by atoms with van der Waals surface area (Å²) in [5, 5.41) is 11.7. The van der Waals surface area contributed by atoms with Crippen molar-refractivity contribution in [1.82, 2.24) is 5.32 Å². The molecule has 1 atom stereocenters. The Bertz CT molecular complexity index is 353. The number of ether oxygens (including phenoxy) is 1. The molecule has 128 valence electrons. The molecule has 0 aromatic heterocycles. The van der Waals surface area contributed by atoms with Crippen LogP contribution in [0.15, 0.2) is 0 Å². The zero-order valence-electron chi connectivity index (χ0n) is 13.0. The summed E-state index contributed by atoms with van der Waals surface area (Å²) in [4.78, 5) is 37.0. The highest BCUT2D eigenvalue weighted by Gasteiger charge is 2.16. The van der Waals surface area contributed by atoms with E-state index < -0.39 is 17.2 Å². The third-order valence-electron chi connectivity index (χ3n) is 2.86. The van der Waals surface area contributed by atoms with Crippen molar-refractivity contribution in [3.8, 4) is 0 Å². The number of carbonyl (C=O) groups excluding carboxylic acids is 2. The average Bonchev–Trinajstić information content (AvgIpc) is 2.45. The second kappa shape index (κ2) is 13.2. The van der Waals surface area contributed by atoms with Crippen LogP contribution in [0, 0.1) is 10.1 Å². The maximum atomic E-state index is 11.5. The number of nitrogens with zero attached hydrogens (tertiary/aromatic N) is 1. The van der Waals surface area contributed by atoms with Gasteiger partial charge in [-0.25, -0.2) is 4.79 Å². The number of rotatable bonds is 13. The van der Waals surface area contributed by atoms with E-state index >= 15 is 0 Å². The zero-order valence-corrected chi connectivity index (χ0v) is 13.9. The smallest absolute Gasteiger partial charge is 0.407 e. The number of alkyl carbamates (subject to hydrolysis) is 1. The van der Waals surface area contributed by atoms with Gasteiger partial charge in [0.25, 0.3) is 5.09 Å². The molecule has 0 saturated carbocycles. The molecular formula is C13H24N2O6S. The number of ketones is 1. The quantitative estimate of drug-likeness (QED) is 0.312. The lowest BCUT2D eigenvalue weighted by Gasteiger charge is -2.15. The Labute approximate surface area is 134 Å². The Hall–Kier alpha value is -1.51. The van der Waals surface area contributed by atoms with E-state index in [1.54, 1.807) is 11.8 Å². The van der Waals surface area contributed by atoms with Crippen molar-refractivity contribution >= 4 is 23.6 Å². The summed E-state index contributed by atoms with van der Waals surface area (Å²) in [5.41, 5.74) is 0. The van der Waals surface area contributed by atoms with Crippen LogP contribution in [0.2, 0.25) is 0 Å². The number of thioether (sulfide) groups is 1. The summed E-state index contributed by atoms with van der Waals surface area (Å²) < 4.78 is 5.00. The van der Waals surface area contributed by atoms with Gasteiger partial charge in [-0.15, -0.1) is 10.1 Å². The predicted octanol–water partition coefficient (Wildman–Crippen LogP) is 2.19. The van der Waals surface area contributed by atoms with Gasteiger partial charge in [0.05, 0.1) is 19.3 Å². The monoisotopic (exact) mass is 336 g/mol. The number of hydrogen-bond acceptors (Lipinski definition) is 7. The molecule has 0 spiro atoms. The molecule has 0 radical (unpaired) electrons. The Morgan fingerprint density at radius 2 is 1.86 bits per heavy atom. The van der Waals surface area contributed by atoms with Crippen molar-refractivity contribution in [3.63, 3.8) is 0 Å². The Balaban J connectivity index is 3.63. The molecule has 0 aromatic carbocycles. The van der Waals surface area contributed by atoms with Crippen LogP contribution in [0.5, 0.6) is 0 Å². The molecule has 0 aliphatic heterocycles. The van der Waals surface area contributed by atoms with E-state index in [-0.39, 0.29) is 19.0 Å². The van der Waals surface area contributed by atoms with Crippen LogP contribution in [0.1, 0.15) is 39.0 Å². The van der Waals surface area contributed by atoms with Crippen LogP contribution in [0.4, 0.5) is 4.79 Å². The van der Waals surface area contributed by atoms with Gasteiger partial charge in [-0.05, 0) is 44.6 Å². The highest BCUT2D eigenvalue weighted by molar-refractivity contribution is 7.98. The number of unbranched alkanes of at least 4 members (excludes halogenated alkanes) is 3. The van der Waals surface area contributed by atoms with Crippen LogP contribution in [-0.2, 0) is 14.4 Å². The molecule has 0 saturated heterocycles. The van der Waals surface area contributed by atoms with Gasteiger partial charge < -0.3 is 14.9 Å². The molecule has 0 heterocycles. The molecule has 1 amide bonds. The molecule has 9 heteroatoms. The number of carbonyl (C=O) groups is 2. The standard InChI is InChI=1S/C13H24N2O6S/c1-11(16)12(7-10-22-2)14-13(17)20-8-5-3-4-6-9-21-15(18)19/h12H,3-10H2,1-2H3,(H,14,17). The van der Waals surface area contributed by atoms with Crippen molar-refractivity contribution in [2.24, 2.45) is 0 Å². The summed E-state index contributed by atoms with van der Waals surface area (Å²) >= 11 is 1.61. The van der Waals surface area contributed by atoms with Gasteiger partial charge in [0.15, 0.2) is 5.78 Å². The minimum absolute atomic E-state index is 0.0863. The van der Waals surface area contributed by atoms with Gasteiger partial charge in [-0.3, -0.25) is 4.79 Å². The van der Waals surface area contributed by atoms with Crippen molar-refractivity contribution in [2.45, 2.75) is 45.1 Å². The van der Waals surface area contributed by atoms with Gasteiger partial charge >= 0.3 is 6.09 Å². The van der Waals surface area contributed by atoms with Crippen molar-refractivity contribution in [1.29, 1.82) is 0 Å². The first-order valence-electron chi connectivity index (χ1n) is 7.17. The Morgan fingerprint density at radius 1 is 1.23 bits per heavy atom. The van der Waals surface area contributed by atoms with Gasteiger partial charge in [0, 0.05) is 0 Å². The average molecular weight is 336 g/mol. The molecule has 0 bridgehead atoms. The summed E-state index contributed by atoms with van der Waals surface area (Å²) in [5.74, 6) is 0.702. The maximum Gasteiger partial charge on any atom is 0.407 e. The lowest BCUT2D eigenvalue weighted by atomic mass is 10.1. The molecule has 1 unspecified atom stereocenters. The van der Waals surface area contributed by atoms with E-state index in [0.717, 1.165) is 18.6 Å². The SMILES string of the molecule is CSCCC(NC(=O)OCCCCCCO[N+](=O)[O-])C(C)=O. The lowest BCUT2D eigenvalue weighted by Crippen LogP contribution is -2.40. The van der Waals surface area contributed by atoms with E-state index in [1.807, 2.05) is 6.26 Å². The van der Waals surface area contributed by atoms with E-state index in [0.29, 0.717) is 19.3 Å². The summed E-state index contributed by atoms with van der Waals surface area (Å²) in [6, 6.07) is -0.501.